The highest BCUT2D eigenvalue weighted by atomic mass is 19.4. The highest BCUT2D eigenvalue weighted by Crippen LogP contribution is 2.38. The van der Waals surface area contributed by atoms with Crippen molar-refractivity contribution in [2.24, 2.45) is 5.92 Å². The molecule has 0 bridgehead atoms. The Morgan fingerprint density at radius 1 is 1.02 bits per heavy atom. The number of aliphatic carboxylic acids is 1. The van der Waals surface area contributed by atoms with E-state index in [4.69, 9.17) is 0 Å². The summed E-state index contributed by atoms with van der Waals surface area (Å²) in [5.74, 6) is 0.161. The lowest BCUT2D eigenvalue weighted by atomic mass is 9.88. The molecule has 0 aliphatic rings. The average molecular weight is 688 g/mol. The lowest BCUT2D eigenvalue weighted by Crippen LogP contribution is -2.41. The SMILES string of the molecule is CC#Cc1cc(-c2c(C)cc(C)cc2C)c(F)c([C@H](CC(=O)O)NC(=O)[C@H](CC(C)C)n2cc(CCN(C)C)c(C(F)(F)F)cc2=O)c1F. The highest BCUT2D eigenvalue weighted by molar-refractivity contribution is 5.82. The number of hydrogen-bond acceptors (Lipinski definition) is 4. The van der Waals surface area contributed by atoms with Crippen molar-refractivity contribution in [2.75, 3.05) is 20.6 Å². The topological polar surface area (TPSA) is 91.6 Å². The first kappa shape index (κ1) is 38.9. The summed E-state index contributed by atoms with van der Waals surface area (Å²) in [6.07, 6.45) is -4.94. The van der Waals surface area contributed by atoms with E-state index in [9.17, 15) is 32.7 Å². The van der Waals surface area contributed by atoms with Gasteiger partial charge in [0.2, 0.25) is 5.91 Å². The maximum atomic E-state index is 16.6. The lowest BCUT2D eigenvalue weighted by Gasteiger charge is -2.27. The van der Waals surface area contributed by atoms with Crippen LogP contribution in [0.5, 0.6) is 0 Å². The molecule has 2 N–H and O–H groups in total. The molecular formula is C37H42F5N3O4. The van der Waals surface area contributed by atoms with Crippen LogP contribution in [0.15, 0.2) is 35.3 Å². The van der Waals surface area contributed by atoms with Crippen LogP contribution in [0.3, 0.4) is 0 Å². The minimum atomic E-state index is -4.84. The van der Waals surface area contributed by atoms with E-state index < -0.39 is 64.9 Å². The number of aromatic nitrogens is 1. The number of hydrogen-bond donors (Lipinski definition) is 2. The second-order valence-electron chi connectivity index (χ2n) is 13.0. The fourth-order valence-electron chi connectivity index (χ4n) is 6.08. The van der Waals surface area contributed by atoms with Crippen molar-refractivity contribution in [3.8, 4) is 23.0 Å². The van der Waals surface area contributed by atoms with Crippen LogP contribution >= 0.6 is 0 Å². The van der Waals surface area contributed by atoms with Crippen molar-refractivity contribution < 1.29 is 36.6 Å². The summed E-state index contributed by atoms with van der Waals surface area (Å²) in [5, 5.41) is 12.3. The smallest absolute Gasteiger partial charge is 0.416 e. The van der Waals surface area contributed by atoms with Gasteiger partial charge in [0.15, 0.2) is 0 Å². The zero-order valence-corrected chi connectivity index (χ0v) is 28.9. The molecule has 264 valence electrons. The van der Waals surface area contributed by atoms with Gasteiger partial charge >= 0.3 is 12.1 Å². The molecule has 0 saturated carbocycles. The van der Waals surface area contributed by atoms with Crippen LogP contribution in [0.1, 0.15) is 84.6 Å². The van der Waals surface area contributed by atoms with Crippen molar-refractivity contribution >= 4 is 11.9 Å². The number of likely N-dealkylation sites (N-methyl/N-ethyl adjacent to an activating group) is 1. The predicted molar refractivity (Wildman–Crippen MR) is 178 cm³/mol. The quantitative estimate of drug-likeness (QED) is 0.156. The van der Waals surface area contributed by atoms with Gasteiger partial charge in [-0.1, -0.05) is 37.5 Å². The molecule has 3 rings (SSSR count). The van der Waals surface area contributed by atoms with Crippen LogP contribution in [-0.4, -0.2) is 47.1 Å². The van der Waals surface area contributed by atoms with E-state index in [0.717, 1.165) is 16.3 Å². The monoisotopic (exact) mass is 687 g/mol. The Balaban J connectivity index is 2.26. The summed E-state index contributed by atoms with van der Waals surface area (Å²) >= 11 is 0. The summed E-state index contributed by atoms with van der Waals surface area (Å²) in [5.41, 5.74) is -0.760. The van der Waals surface area contributed by atoms with Crippen LogP contribution < -0.4 is 10.9 Å². The zero-order valence-electron chi connectivity index (χ0n) is 28.9. The van der Waals surface area contributed by atoms with Crippen molar-refractivity contribution in [1.29, 1.82) is 0 Å². The largest absolute Gasteiger partial charge is 0.481 e. The summed E-state index contributed by atoms with van der Waals surface area (Å²) in [6.45, 7) is 10.5. The molecule has 0 aliphatic heterocycles. The van der Waals surface area contributed by atoms with Crippen LogP contribution in [-0.2, 0) is 22.2 Å². The van der Waals surface area contributed by atoms with E-state index in [1.165, 1.54) is 13.0 Å². The van der Waals surface area contributed by atoms with Gasteiger partial charge in [-0.05, 0) is 88.9 Å². The van der Waals surface area contributed by atoms with E-state index >= 15 is 8.78 Å². The Labute approximate surface area is 283 Å². The normalized spacial score (nSPS) is 12.9. The van der Waals surface area contributed by atoms with E-state index in [1.54, 1.807) is 46.7 Å². The van der Waals surface area contributed by atoms with Gasteiger partial charge in [0.1, 0.15) is 17.7 Å². The number of pyridine rings is 1. The molecule has 1 amide bonds. The van der Waals surface area contributed by atoms with Crippen LogP contribution in [0.2, 0.25) is 0 Å². The van der Waals surface area contributed by atoms with E-state index in [1.807, 2.05) is 19.1 Å². The Bertz CT molecular complexity index is 1830. The summed E-state index contributed by atoms with van der Waals surface area (Å²) in [4.78, 5) is 41.0. The van der Waals surface area contributed by atoms with Crippen molar-refractivity contribution in [3.05, 3.63) is 91.4 Å². The molecule has 3 aromatic rings. The van der Waals surface area contributed by atoms with Gasteiger partial charge in [0, 0.05) is 29.9 Å². The maximum absolute atomic E-state index is 16.6. The molecule has 2 aromatic carbocycles. The molecule has 12 heteroatoms. The number of rotatable bonds is 12. The zero-order chi connectivity index (χ0) is 37.0. The van der Waals surface area contributed by atoms with Crippen molar-refractivity contribution in [2.45, 2.75) is 79.1 Å². The van der Waals surface area contributed by atoms with E-state index in [-0.39, 0.29) is 42.0 Å². The number of amides is 1. The molecule has 49 heavy (non-hydrogen) atoms. The standard InChI is InChI=1S/C37H42F5N3O4/c1-9-10-24-16-26(32-22(5)14-21(4)15-23(32)6)35(39)33(34(24)38)28(18-31(47)48)43-36(49)29(13-20(2)3)45-19-25(11-12-44(7)8)27(17-30(45)46)37(40,41)42/h14-17,19-20,28-29H,11-13,18H2,1-8H3,(H,43,49)(H,47,48)/t28-,29-/m0/s1. The number of carbonyl (C=O) groups is 2. The minimum Gasteiger partial charge on any atom is -0.481 e. The second kappa shape index (κ2) is 15.8. The number of carbonyl (C=O) groups excluding carboxylic acids is 1. The Morgan fingerprint density at radius 3 is 2.14 bits per heavy atom. The molecule has 0 saturated heterocycles. The minimum absolute atomic E-state index is 0.0444. The molecule has 0 spiro atoms. The van der Waals surface area contributed by atoms with Gasteiger partial charge < -0.3 is 19.9 Å². The van der Waals surface area contributed by atoms with Gasteiger partial charge in [0.25, 0.3) is 5.56 Å². The number of nitrogens with one attached hydrogen (secondary N) is 1. The highest BCUT2D eigenvalue weighted by Gasteiger charge is 2.36. The first-order chi connectivity index (χ1) is 22.8. The molecular weight excluding hydrogens is 645 g/mol. The average Bonchev–Trinajstić information content (AvgIpc) is 2.96. The maximum Gasteiger partial charge on any atom is 0.416 e. The van der Waals surface area contributed by atoms with E-state index in [2.05, 4.69) is 17.2 Å². The molecule has 7 nitrogen and oxygen atoms in total. The third kappa shape index (κ3) is 9.35. The summed E-state index contributed by atoms with van der Waals surface area (Å²) in [6, 6.07) is 2.10. The first-order valence-corrected chi connectivity index (χ1v) is 15.8. The van der Waals surface area contributed by atoms with Gasteiger partial charge in [-0.3, -0.25) is 14.4 Å². The van der Waals surface area contributed by atoms with Crippen molar-refractivity contribution in [3.63, 3.8) is 0 Å². The van der Waals surface area contributed by atoms with Crippen LogP contribution in [0, 0.1) is 50.2 Å². The lowest BCUT2D eigenvalue weighted by molar-refractivity contribution is -0.139. The Hall–Kier alpha value is -4.50. The number of halogens is 5. The number of benzene rings is 2. The van der Waals surface area contributed by atoms with E-state index in [0.29, 0.717) is 22.8 Å². The number of aryl methyl sites for hydroxylation is 3. The number of carboxylic acid groups (broad SMARTS) is 1. The second-order valence-corrected chi connectivity index (χ2v) is 13.0. The Kier molecular flexibility index (Phi) is 12.6. The van der Waals surface area contributed by atoms with Crippen LogP contribution in [0.25, 0.3) is 11.1 Å². The van der Waals surface area contributed by atoms with Gasteiger partial charge in [-0.15, -0.1) is 5.92 Å². The number of nitrogens with zero attached hydrogens (tertiary/aromatic N) is 2. The van der Waals surface area contributed by atoms with Crippen LogP contribution in [0.4, 0.5) is 22.0 Å². The molecule has 0 unspecified atom stereocenters. The number of alkyl halides is 3. The fraction of sp³-hybridized carbons (Fsp3) is 0.432. The molecule has 0 fully saturated rings. The molecule has 0 aliphatic carbocycles. The third-order valence-electron chi connectivity index (χ3n) is 8.11. The molecule has 0 radical (unpaired) electrons. The molecule has 1 heterocycles. The van der Waals surface area contributed by atoms with Gasteiger partial charge in [-0.2, -0.15) is 13.2 Å². The third-order valence-corrected chi connectivity index (χ3v) is 8.11. The first-order valence-electron chi connectivity index (χ1n) is 15.8. The summed E-state index contributed by atoms with van der Waals surface area (Å²) < 4.78 is 75.5. The van der Waals surface area contributed by atoms with Gasteiger partial charge in [-0.25, -0.2) is 8.78 Å². The predicted octanol–water partition coefficient (Wildman–Crippen LogP) is 7.13. The Morgan fingerprint density at radius 2 is 1.63 bits per heavy atom. The molecule has 2 atom stereocenters. The molecule has 1 aromatic heterocycles. The number of carboxylic acids is 1. The summed E-state index contributed by atoms with van der Waals surface area (Å²) in [7, 11) is 3.35. The van der Waals surface area contributed by atoms with Crippen molar-refractivity contribution in [1.82, 2.24) is 14.8 Å². The fourth-order valence-corrected chi connectivity index (χ4v) is 6.08. The van der Waals surface area contributed by atoms with Gasteiger partial charge in [0.05, 0.1) is 23.6 Å².